The Bertz CT molecular complexity index is 642. The average molecular weight is 368 g/mol. The number of hydrogen-bond acceptors (Lipinski definition) is 8. The summed E-state index contributed by atoms with van der Waals surface area (Å²) in [4.78, 5) is 25.6. The number of fused-ring (bicyclic) bond motifs is 1. The second-order valence-corrected chi connectivity index (χ2v) is 6.75. The lowest BCUT2D eigenvalue weighted by Crippen LogP contribution is -2.37. The van der Waals surface area contributed by atoms with Gasteiger partial charge in [-0.1, -0.05) is 11.8 Å². The van der Waals surface area contributed by atoms with Crippen LogP contribution in [0.15, 0.2) is 23.1 Å². The highest BCUT2D eigenvalue weighted by Gasteiger charge is 2.37. The second-order valence-electron chi connectivity index (χ2n) is 5.60. The maximum absolute atomic E-state index is 12.5. The first-order valence-corrected chi connectivity index (χ1v) is 8.91. The van der Waals surface area contributed by atoms with E-state index in [1.165, 1.54) is 0 Å². The Balaban J connectivity index is 1.67. The summed E-state index contributed by atoms with van der Waals surface area (Å²) in [5, 5.41) is -0.978. The van der Waals surface area contributed by atoms with E-state index < -0.39 is 17.3 Å². The SMILES string of the molecule is COc1ccc2c(c1)SC(C(=O)OCCC1OCCO1)C(=O)C(C)O2. The van der Waals surface area contributed by atoms with Crippen molar-refractivity contribution >= 4 is 23.5 Å². The summed E-state index contributed by atoms with van der Waals surface area (Å²) >= 11 is 1.12. The molecule has 2 atom stereocenters. The Kier molecular flexibility index (Phi) is 5.82. The summed E-state index contributed by atoms with van der Waals surface area (Å²) in [6.45, 7) is 2.85. The van der Waals surface area contributed by atoms with Crippen molar-refractivity contribution < 1.29 is 33.3 Å². The maximum atomic E-state index is 12.5. The zero-order valence-corrected chi connectivity index (χ0v) is 14.9. The number of esters is 1. The number of ketones is 1. The van der Waals surface area contributed by atoms with E-state index in [1.54, 1.807) is 32.2 Å². The van der Waals surface area contributed by atoms with Crippen LogP contribution in [0.25, 0.3) is 0 Å². The van der Waals surface area contributed by atoms with Crippen molar-refractivity contribution in [1.82, 2.24) is 0 Å². The fraction of sp³-hybridized carbons (Fsp3) is 0.529. The molecule has 1 fully saturated rings. The zero-order chi connectivity index (χ0) is 17.8. The standard InChI is InChI=1S/C17H20O7S/c1-10-15(18)16(17(19)23-6-5-14-21-7-8-22-14)25-13-9-11(20-2)3-4-12(13)24-10/h3-4,9-10,14,16H,5-8H2,1-2H3. The maximum Gasteiger partial charge on any atom is 0.327 e. The molecule has 7 nitrogen and oxygen atoms in total. The number of Topliss-reactive ketones (excluding diaryl/α,β-unsaturated/α-hetero) is 1. The molecule has 0 radical (unpaired) electrons. The van der Waals surface area contributed by atoms with E-state index >= 15 is 0 Å². The Morgan fingerprint density at radius 1 is 1.32 bits per heavy atom. The van der Waals surface area contributed by atoms with E-state index in [0.29, 0.717) is 36.0 Å². The second kappa shape index (κ2) is 8.07. The zero-order valence-electron chi connectivity index (χ0n) is 14.1. The number of rotatable bonds is 5. The van der Waals surface area contributed by atoms with Crippen LogP contribution in [0.1, 0.15) is 13.3 Å². The summed E-state index contributed by atoms with van der Waals surface area (Å²) < 4.78 is 26.7. The predicted octanol–water partition coefficient (Wildman–Crippen LogP) is 1.81. The number of carbonyl (C=O) groups is 2. The molecule has 0 N–H and O–H groups in total. The molecule has 1 aromatic rings. The molecule has 1 aromatic carbocycles. The van der Waals surface area contributed by atoms with Gasteiger partial charge in [0.15, 0.2) is 23.4 Å². The topological polar surface area (TPSA) is 80.3 Å². The summed E-state index contributed by atoms with van der Waals surface area (Å²) in [7, 11) is 1.55. The number of carbonyl (C=O) groups excluding carboxylic acids is 2. The Labute approximate surface area is 149 Å². The number of hydrogen-bond donors (Lipinski definition) is 0. The van der Waals surface area contributed by atoms with Crippen LogP contribution >= 0.6 is 11.8 Å². The predicted molar refractivity (Wildman–Crippen MR) is 89.0 cm³/mol. The summed E-state index contributed by atoms with van der Waals surface area (Å²) in [6.07, 6.45) is -0.646. The minimum atomic E-state index is -0.978. The first kappa shape index (κ1) is 18.0. The molecule has 0 bridgehead atoms. The van der Waals surface area contributed by atoms with Gasteiger partial charge in [0.05, 0.1) is 31.8 Å². The molecule has 1 saturated heterocycles. The van der Waals surface area contributed by atoms with Crippen LogP contribution in [0.5, 0.6) is 11.5 Å². The summed E-state index contributed by atoms with van der Waals surface area (Å²) in [5.74, 6) is 0.270. The van der Waals surface area contributed by atoms with Crippen LogP contribution in [-0.4, -0.2) is 56.3 Å². The lowest BCUT2D eigenvalue weighted by molar-refractivity contribution is -0.148. The first-order valence-electron chi connectivity index (χ1n) is 8.03. The van der Waals surface area contributed by atoms with Gasteiger partial charge in [-0.25, -0.2) is 0 Å². The fourth-order valence-corrected chi connectivity index (χ4v) is 3.66. The third-order valence-electron chi connectivity index (χ3n) is 3.86. The Morgan fingerprint density at radius 2 is 2.08 bits per heavy atom. The molecular formula is C17H20O7S. The molecule has 0 amide bonds. The highest BCUT2D eigenvalue weighted by Crippen LogP contribution is 2.39. The highest BCUT2D eigenvalue weighted by molar-refractivity contribution is 8.01. The average Bonchev–Trinajstić information content (AvgIpc) is 3.09. The highest BCUT2D eigenvalue weighted by atomic mass is 32.2. The molecule has 25 heavy (non-hydrogen) atoms. The van der Waals surface area contributed by atoms with Crippen LogP contribution in [0.4, 0.5) is 0 Å². The number of benzene rings is 1. The minimum Gasteiger partial charge on any atom is -0.497 e. The normalized spacial score (nSPS) is 23.5. The third-order valence-corrected chi connectivity index (χ3v) is 5.09. The van der Waals surface area contributed by atoms with Gasteiger partial charge in [-0.15, -0.1) is 0 Å². The van der Waals surface area contributed by atoms with E-state index in [9.17, 15) is 9.59 Å². The number of ether oxygens (including phenoxy) is 5. The fourth-order valence-electron chi connectivity index (χ4n) is 2.52. The van der Waals surface area contributed by atoms with E-state index in [0.717, 1.165) is 11.8 Å². The molecule has 2 unspecified atom stereocenters. The third kappa shape index (κ3) is 4.26. The van der Waals surface area contributed by atoms with Crippen LogP contribution in [0, 0.1) is 0 Å². The van der Waals surface area contributed by atoms with Gasteiger partial charge in [-0.05, 0) is 25.1 Å². The molecular weight excluding hydrogens is 348 g/mol. The molecule has 2 aliphatic heterocycles. The van der Waals surface area contributed by atoms with Crippen LogP contribution in [0.2, 0.25) is 0 Å². The van der Waals surface area contributed by atoms with Crippen molar-refractivity contribution in [2.75, 3.05) is 26.9 Å². The molecule has 0 saturated carbocycles. The smallest absolute Gasteiger partial charge is 0.327 e. The molecule has 8 heteroatoms. The lowest BCUT2D eigenvalue weighted by Gasteiger charge is -2.15. The molecule has 3 rings (SSSR count). The van der Waals surface area contributed by atoms with Gasteiger partial charge in [0.1, 0.15) is 11.5 Å². The van der Waals surface area contributed by atoms with Gasteiger partial charge >= 0.3 is 5.97 Å². The van der Waals surface area contributed by atoms with Gasteiger partial charge in [0, 0.05) is 6.42 Å². The van der Waals surface area contributed by atoms with Gasteiger partial charge in [0.2, 0.25) is 0 Å². The van der Waals surface area contributed by atoms with Crippen molar-refractivity contribution in [1.29, 1.82) is 0 Å². The van der Waals surface area contributed by atoms with Crippen molar-refractivity contribution in [3.05, 3.63) is 18.2 Å². The van der Waals surface area contributed by atoms with Crippen molar-refractivity contribution in [2.45, 2.75) is 35.9 Å². The van der Waals surface area contributed by atoms with Crippen LogP contribution in [0.3, 0.4) is 0 Å². The van der Waals surface area contributed by atoms with Crippen molar-refractivity contribution in [3.8, 4) is 11.5 Å². The lowest BCUT2D eigenvalue weighted by atomic mass is 10.2. The minimum absolute atomic E-state index is 0.133. The van der Waals surface area contributed by atoms with Gasteiger partial charge < -0.3 is 23.7 Å². The van der Waals surface area contributed by atoms with Gasteiger partial charge in [-0.2, -0.15) is 0 Å². The molecule has 136 valence electrons. The van der Waals surface area contributed by atoms with E-state index in [1.807, 2.05) is 0 Å². The molecule has 2 aliphatic rings. The van der Waals surface area contributed by atoms with E-state index in [-0.39, 0.29) is 18.7 Å². The van der Waals surface area contributed by atoms with Crippen LogP contribution in [-0.2, 0) is 23.8 Å². The van der Waals surface area contributed by atoms with Gasteiger partial charge in [-0.3, -0.25) is 9.59 Å². The van der Waals surface area contributed by atoms with Gasteiger partial charge in [0.25, 0.3) is 0 Å². The summed E-state index contributed by atoms with van der Waals surface area (Å²) in [6, 6.07) is 5.22. The van der Waals surface area contributed by atoms with Crippen molar-refractivity contribution in [3.63, 3.8) is 0 Å². The van der Waals surface area contributed by atoms with Crippen molar-refractivity contribution in [2.24, 2.45) is 0 Å². The number of methoxy groups -OCH3 is 1. The monoisotopic (exact) mass is 368 g/mol. The summed E-state index contributed by atoms with van der Waals surface area (Å²) in [5.41, 5.74) is 0. The largest absolute Gasteiger partial charge is 0.497 e. The molecule has 0 spiro atoms. The Morgan fingerprint density at radius 3 is 2.80 bits per heavy atom. The van der Waals surface area contributed by atoms with E-state index in [4.69, 9.17) is 23.7 Å². The first-order chi connectivity index (χ1) is 12.1. The molecule has 0 aliphatic carbocycles. The van der Waals surface area contributed by atoms with Crippen LogP contribution < -0.4 is 9.47 Å². The van der Waals surface area contributed by atoms with E-state index in [2.05, 4.69) is 0 Å². The molecule has 0 aromatic heterocycles. The quantitative estimate of drug-likeness (QED) is 0.575. The Hall–Kier alpha value is -1.77. The molecule has 2 heterocycles. The number of thioether (sulfide) groups is 1.